The van der Waals surface area contributed by atoms with Gasteiger partial charge in [0.05, 0.1) is 44.1 Å². The number of carbonyl (C=O) groups is 3. The van der Waals surface area contributed by atoms with E-state index in [1.807, 2.05) is 18.2 Å². The van der Waals surface area contributed by atoms with Gasteiger partial charge in [-0.25, -0.2) is 9.78 Å². The van der Waals surface area contributed by atoms with Gasteiger partial charge in [0.2, 0.25) is 5.88 Å². The van der Waals surface area contributed by atoms with Crippen LogP contribution in [0, 0.1) is 0 Å². The number of fused-ring (bicyclic) bond motifs is 1. The molecule has 0 bridgehead atoms. The fraction of sp³-hybridized carbons (Fsp3) is 0.355. The number of hydrogen-bond donors (Lipinski definition) is 3. The lowest BCUT2D eigenvalue weighted by atomic mass is 10.1. The number of anilines is 1. The second-order valence-corrected chi connectivity index (χ2v) is 10.6. The molecule has 3 aromatic heterocycles. The second-order valence-electron chi connectivity index (χ2n) is 10.6. The largest absolute Gasteiger partial charge is 0.494 e. The minimum absolute atomic E-state index is 0.0202. The van der Waals surface area contributed by atoms with E-state index in [2.05, 4.69) is 15.0 Å². The number of nitrogens with zero attached hydrogens (tertiary/aromatic N) is 5. The fourth-order valence-electron chi connectivity index (χ4n) is 5.39. The SMILES string of the molecule is COc1ncc(OC)c2c(C(=O)C(=O)N3CCN(C(=O)c4ccccc4)CC3)c[nH]c12.Nc1ccn([C@H]2CC[C@@H](CO)O2)c(=O)n1. The van der Waals surface area contributed by atoms with Gasteiger partial charge in [0.25, 0.3) is 17.6 Å². The smallest absolute Gasteiger partial charge is 0.351 e. The van der Waals surface area contributed by atoms with Gasteiger partial charge < -0.3 is 39.8 Å². The number of pyridine rings is 1. The van der Waals surface area contributed by atoms with Crippen LogP contribution in [-0.2, 0) is 9.53 Å². The Balaban J connectivity index is 0.000000232. The van der Waals surface area contributed by atoms with Gasteiger partial charge in [-0.3, -0.25) is 19.0 Å². The van der Waals surface area contributed by atoms with Crippen LogP contribution in [0.25, 0.3) is 10.9 Å². The molecule has 5 heterocycles. The molecule has 2 atom stereocenters. The first-order valence-electron chi connectivity index (χ1n) is 14.6. The molecular weight excluding hydrogens is 598 g/mol. The predicted molar refractivity (Wildman–Crippen MR) is 166 cm³/mol. The van der Waals surface area contributed by atoms with Crippen molar-refractivity contribution in [1.29, 1.82) is 0 Å². The number of rotatable bonds is 7. The summed E-state index contributed by atoms with van der Waals surface area (Å²) in [6.45, 7) is 1.28. The number of aliphatic hydroxyl groups excluding tert-OH is 1. The maximum absolute atomic E-state index is 13.0. The first-order chi connectivity index (χ1) is 22.2. The van der Waals surface area contributed by atoms with Crippen molar-refractivity contribution in [2.24, 2.45) is 0 Å². The van der Waals surface area contributed by atoms with Gasteiger partial charge in [-0.15, -0.1) is 0 Å². The van der Waals surface area contributed by atoms with E-state index in [1.54, 1.807) is 29.3 Å². The number of amides is 2. The van der Waals surface area contributed by atoms with Crippen molar-refractivity contribution in [3.05, 3.63) is 76.6 Å². The van der Waals surface area contributed by atoms with Crippen molar-refractivity contribution >= 4 is 34.3 Å². The molecule has 0 unspecified atom stereocenters. The monoisotopic (exact) mass is 633 g/mol. The molecule has 4 N–H and O–H groups in total. The maximum atomic E-state index is 13.0. The van der Waals surface area contributed by atoms with Gasteiger partial charge in [0.1, 0.15) is 23.3 Å². The predicted octanol–water partition coefficient (Wildman–Crippen LogP) is 1.24. The highest BCUT2D eigenvalue weighted by molar-refractivity contribution is 6.45. The van der Waals surface area contributed by atoms with E-state index in [4.69, 9.17) is 25.1 Å². The number of nitrogen functional groups attached to an aromatic ring is 1. The highest BCUT2D eigenvalue weighted by atomic mass is 16.5. The van der Waals surface area contributed by atoms with E-state index < -0.39 is 17.4 Å². The van der Waals surface area contributed by atoms with E-state index in [1.165, 1.54) is 36.1 Å². The minimum Gasteiger partial charge on any atom is -0.494 e. The van der Waals surface area contributed by atoms with E-state index in [-0.39, 0.29) is 49.3 Å². The quantitative estimate of drug-likeness (QED) is 0.196. The van der Waals surface area contributed by atoms with Gasteiger partial charge in [-0.2, -0.15) is 4.98 Å². The number of aromatic amines is 1. The highest BCUT2D eigenvalue weighted by Crippen LogP contribution is 2.33. The summed E-state index contributed by atoms with van der Waals surface area (Å²) in [7, 11) is 2.94. The molecule has 0 spiro atoms. The van der Waals surface area contributed by atoms with Crippen molar-refractivity contribution in [2.75, 3.05) is 52.7 Å². The van der Waals surface area contributed by atoms with E-state index >= 15 is 0 Å². The molecule has 6 rings (SSSR count). The Labute approximate surface area is 263 Å². The minimum atomic E-state index is -0.652. The number of methoxy groups -OCH3 is 2. The van der Waals surface area contributed by atoms with Gasteiger partial charge in [-0.05, 0) is 31.0 Å². The average molecular weight is 634 g/mol. The van der Waals surface area contributed by atoms with Crippen LogP contribution in [0.2, 0.25) is 0 Å². The number of nitrogens with two attached hydrogens (primary N) is 1. The molecule has 242 valence electrons. The van der Waals surface area contributed by atoms with Crippen LogP contribution in [0.4, 0.5) is 5.82 Å². The lowest BCUT2D eigenvalue weighted by Crippen LogP contribution is -2.52. The van der Waals surface area contributed by atoms with E-state index in [0.29, 0.717) is 47.6 Å². The molecule has 0 aliphatic carbocycles. The van der Waals surface area contributed by atoms with Crippen LogP contribution >= 0.6 is 0 Å². The summed E-state index contributed by atoms with van der Waals surface area (Å²) in [5, 5.41) is 9.35. The number of ketones is 1. The number of aliphatic hydroxyl groups is 1. The molecule has 0 saturated carbocycles. The molecule has 2 saturated heterocycles. The lowest BCUT2D eigenvalue weighted by Gasteiger charge is -2.34. The highest BCUT2D eigenvalue weighted by Gasteiger charge is 2.31. The summed E-state index contributed by atoms with van der Waals surface area (Å²) in [5.74, 6) is -0.485. The van der Waals surface area contributed by atoms with Crippen molar-refractivity contribution in [1.82, 2.24) is 29.3 Å². The lowest BCUT2D eigenvalue weighted by molar-refractivity contribution is -0.127. The summed E-state index contributed by atoms with van der Waals surface area (Å²) in [5.41, 5.74) is 6.24. The van der Waals surface area contributed by atoms with Gasteiger partial charge >= 0.3 is 5.69 Å². The van der Waals surface area contributed by atoms with Crippen molar-refractivity contribution in [3.63, 3.8) is 0 Å². The Kier molecular flexibility index (Phi) is 9.93. The summed E-state index contributed by atoms with van der Waals surface area (Å²) in [4.78, 5) is 63.8. The fourth-order valence-corrected chi connectivity index (χ4v) is 5.39. The van der Waals surface area contributed by atoms with Crippen LogP contribution in [-0.4, -0.2) is 105 Å². The normalized spacial score (nSPS) is 17.7. The molecule has 2 amide bonds. The molecule has 46 heavy (non-hydrogen) atoms. The first kappa shape index (κ1) is 32.1. The standard InChI is InChI=1S/C22H22N4O5.C9H13N3O3/c1-30-16-13-24-20(31-2)18-17(16)15(12-23-18)19(27)22(29)26-10-8-25(9-11-26)21(28)14-6-4-3-5-7-14;10-7-3-4-12(9(14)11-7)8-2-1-6(5-13)15-8/h3-7,12-13,23H,8-11H2,1-2H3;3-4,6,8,13H,1-2,5H2,(H2,10,11,14)/t;6-,8+/m.0/s1. The number of carbonyl (C=O) groups excluding carboxylic acids is 3. The number of piperazine rings is 1. The van der Waals surface area contributed by atoms with Crippen molar-refractivity contribution in [2.45, 2.75) is 25.2 Å². The van der Waals surface area contributed by atoms with Crippen LogP contribution in [0.5, 0.6) is 11.6 Å². The number of hydrogen-bond acceptors (Lipinski definition) is 11. The summed E-state index contributed by atoms with van der Waals surface area (Å²) >= 11 is 0. The average Bonchev–Trinajstić information content (AvgIpc) is 3.76. The summed E-state index contributed by atoms with van der Waals surface area (Å²) in [6, 6.07) is 10.5. The molecule has 2 fully saturated rings. The zero-order valence-electron chi connectivity index (χ0n) is 25.4. The number of ether oxygens (including phenoxy) is 3. The molecule has 2 aliphatic heterocycles. The summed E-state index contributed by atoms with van der Waals surface area (Å²) in [6.07, 6.45) is 5.42. The van der Waals surface area contributed by atoms with Crippen molar-refractivity contribution < 1.29 is 33.7 Å². The number of Topliss-reactive ketones (excluding diaryl/α,β-unsaturated/α-hetero) is 1. The van der Waals surface area contributed by atoms with Crippen molar-refractivity contribution in [3.8, 4) is 11.6 Å². The number of aromatic nitrogens is 4. The molecule has 15 nitrogen and oxygen atoms in total. The Morgan fingerprint density at radius 1 is 1.04 bits per heavy atom. The number of benzene rings is 1. The molecule has 0 radical (unpaired) electrons. The number of nitrogens with one attached hydrogen (secondary N) is 1. The third kappa shape index (κ3) is 6.69. The zero-order chi connectivity index (χ0) is 32.8. The van der Waals surface area contributed by atoms with Crippen LogP contribution in [0.3, 0.4) is 0 Å². The van der Waals surface area contributed by atoms with Crippen LogP contribution in [0.15, 0.2) is 59.8 Å². The Morgan fingerprint density at radius 2 is 1.76 bits per heavy atom. The van der Waals surface area contributed by atoms with Crippen LogP contribution < -0.4 is 20.9 Å². The molecular formula is C31H35N7O8. The van der Waals surface area contributed by atoms with Gasteiger partial charge in [-0.1, -0.05) is 18.2 Å². The third-order valence-corrected chi connectivity index (χ3v) is 7.82. The Bertz CT molecular complexity index is 1770. The topological polar surface area (TPSA) is 195 Å². The third-order valence-electron chi connectivity index (χ3n) is 7.82. The molecule has 4 aromatic rings. The number of H-pyrrole nitrogens is 1. The zero-order valence-corrected chi connectivity index (χ0v) is 25.4. The molecule has 1 aromatic carbocycles. The Hall–Kier alpha value is -5.28. The van der Waals surface area contributed by atoms with Crippen LogP contribution in [0.1, 0.15) is 39.8 Å². The van der Waals surface area contributed by atoms with Gasteiger partial charge in [0, 0.05) is 44.1 Å². The molecule has 2 aliphatic rings. The molecule has 15 heteroatoms. The maximum Gasteiger partial charge on any atom is 0.351 e. The Morgan fingerprint density at radius 3 is 2.39 bits per heavy atom. The first-order valence-corrected chi connectivity index (χ1v) is 14.6. The van der Waals surface area contributed by atoms with Gasteiger partial charge in [0.15, 0.2) is 0 Å². The van der Waals surface area contributed by atoms with E-state index in [0.717, 1.165) is 6.42 Å². The second kappa shape index (κ2) is 14.2. The van der Waals surface area contributed by atoms with E-state index in [9.17, 15) is 19.2 Å². The summed E-state index contributed by atoms with van der Waals surface area (Å²) < 4.78 is 17.4.